The molecule has 4 aromatic rings. The quantitative estimate of drug-likeness (QED) is 0.382. The third-order valence-corrected chi connectivity index (χ3v) is 7.48. The molecule has 5 heterocycles. The molecule has 7 rings (SSSR count). The molecule has 3 aliphatic rings. The zero-order chi connectivity index (χ0) is 23.0. The van der Waals surface area contributed by atoms with Crippen LogP contribution < -0.4 is 5.32 Å². The Morgan fingerprint density at radius 2 is 1.83 bits per heavy atom. The third-order valence-electron chi connectivity index (χ3n) is 7.48. The van der Waals surface area contributed by atoms with Crippen LogP contribution in [0.5, 0.6) is 0 Å². The Kier molecular flexibility index (Phi) is 6.39. The molecule has 2 saturated heterocycles. The van der Waals surface area contributed by atoms with E-state index >= 15 is 0 Å². The molecule has 6 nitrogen and oxygen atoms in total. The van der Waals surface area contributed by atoms with Gasteiger partial charge in [0.2, 0.25) is 0 Å². The summed E-state index contributed by atoms with van der Waals surface area (Å²) in [5.41, 5.74) is 3.47. The monoisotopic (exact) mass is 536 g/mol. The van der Waals surface area contributed by atoms with Gasteiger partial charge in [-0.1, -0.05) is 30.3 Å². The van der Waals surface area contributed by atoms with Crippen molar-refractivity contribution in [2.75, 3.05) is 13.1 Å². The van der Waals surface area contributed by atoms with Crippen LogP contribution in [0.3, 0.4) is 0 Å². The Bertz CT molecular complexity index is 1420. The van der Waals surface area contributed by atoms with E-state index < -0.39 is 12.2 Å². The van der Waals surface area contributed by atoms with Crippen molar-refractivity contribution in [1.29, 1.82) is 0 Å². The molecule has 3 atom stereocenters. The molecule has 2 bridgehead atoms. The molecule has 0 radical (unpaired) electrons. The molecule has 3 aromatic heterocycles. The van der Waals surface area contributed by atoms with Crippen molar-refractivity contribution < 1.29 is 13.2 Å². The van der Waals surface area contributed by atoms with Crippen molar-refractivity contribution in [3.05, 3.63) is 59.8 Å². The molecular weight excluding hydrogens is 512 g/mol. The molecule has 0 spiro atoms. The number of rotatable bonds is 4. The van der Waals surface area contributed by atoms with Gasteiger partial charge in [0.25, 0.3) is 0 Å². The number of pyridine rings is 2. The fraction of sp³-hybridized carbons (Fsp3) is 0.400. The Labute approximate surface area is 218 Å². The van der Waals surface area contributed by atoms with E-state index in [0.29, 0.717) is 36.2 Å². The molecule has 0 amide bonds. The van der Waals surface area contributed by atoms with Gasteiger partial charge >= 0.3 is 6.18 Å². The zero-order valence-corrected chi connectivity index (χ0v) is 20.8. The second kappa shape index (κ2) is 9.13. The van der Waals surface area contributed by atoms with E-state index in [1.807, 2.05) is 24.3 Å². The topological polar surface area (TPSA) is 58.4 Å². The van der Waals surface area contributed by atoms with Crippen molar-refractivity contribution in [2.24, 2.45) is 0 Å². The van der Waals surface area contributed by atoms with Crippen LogP contribution in [0.15, 0.2) is 48.7 Å². The molecule has 2 aliphatic heterocycles. The summed E-state index contributed by atoms with van der Waals surface area (Å²) in [5, 5.41) is 12.9. The van der Waals surface area contributed by atoms with Crippen LogP contribution in [-0.2, 0) is 0 Å². The van der Waals surface area contributed by atoms with Crippen molar-refractivity contribution in [2.45, 2.75) is 49.5 Å². The molecule has 36 heavy (non-hydrogen) atoms. The molecule has 11 heteroatoms. The van der Waals surface area contributed by atoms with Gasteiger partial charge in [0.05, 0.1) is 5.52 Å². The number of aromatic nitrogens is 4. The minimum atomic E-state index is -4.38. The van der Waals surface area contributed by atoms with E-state index in [9.17, 15) is 13.2 Å². The minimum Gasteiger partial charge on any atom is -0.311 e. The number of hydrogen-bond acceptors (Lipinski definition) is 5. The lowest BCUT2D eigenvalue weighted by molar-refractivity contribution is -0.190. The highest BCUT2D eigenvalue weighted by Gasteiger charge is 2.51. The van der Waals surface area contributed by atoms with Crippen LogP contribution in [0.1, 0.15) is 42.3 Å². The number of para-hydroxylation sites is 1. The van der Waals surface area contributed by atoms with Crippen LogP contribution in [0.25, 0.3) is 28.1 Å². The second-order valence-corrected chi connectivity index (χ2v) is 9.74. The Morgan fingerprint density at radius 1 is 1.00 bits per heavy atom. The Balaban J connectivity index is 0.00000133. The summed E-state index contributed by atoms with van der Waals surface area (Å²) >= 11 is 0. The van der Waals surface area contributed by atoms with Crippen molar-refractivity contribution >= 4 is 41.4 Å². The predicted octanol–water partition coefficient (Wildman–Crippen LogP) is 5.32. The molecular formula is C25H25Cl2F3N6. The lowest BCUT2D eigenvalue weighted by Crippen LogP contribution is -2.49. The number of alkyl halides is 3. The number of likely N-dealkylation sites (tertiary alicyclic amines) is 1. The minimum absolute atomic E-state index is 0. The average molecular weight is 537 g/mol. The highest BCUT2D eigenvalue weighted by molar-refractivity contribution is 5.86. The molecule has 190 valence electrons. The van der Waals surface area contributed by atoms with Crippen LogP contribution in [0.2, 0.25) is 0 Å². The Hall–Kier alpha value is -2.46. The van der Waals surface area contributed by atoms with Gasteiger partial charge in [0.1, 0.15) is 11.7 Å². The molecule has 0 unspecified atom stereocenters. The summed E-state index contributed by atoms with van der Waals surface area (Å²) in [4.78, 5) is 6.50. The summed E-state index contributed by atoms with van der Waals surface area (Å²) in [6.45, 7) is 1.000. The zero-order valence-electron chi connectivity index (χ0n) is 19.2. The molecule has 3 fully saturated rings. The van der Waals surface area contributed by atoms with Gasteiger partial charge in [0.15, 0.2) is 11.5 Å². The van der Waals surface area contributed by atoms with Crippen molar-refractivity contribution in [1.82, 2.24) is 29.8 Å². The highest BCUT2D eigenvalue weighted by atomic mass is 35.5. The van der Waals surface area contributed by atoms with Gasteiger partial charge in [-0.2, -0.15) is 13.2 Å². The largest absolute Gasteiger partial charge is 0.408 e. The molecule has 1 saturated carbocycles. The van der Waals surface area contributed by atoms with Gasteiger partial charge in [-0.15, -0.1) is 35.0 Å². The number of benzene rings is 1. The number of halogens is 5. The van der Waals surface area contributed by atoms with E-state index in [-0.39, 0.29) is 42.5 Å². The SMILES string of the molecule is Cl.Cl.FC(F)(F)[C@@H](c1ccc2nnc(-c3ccc4cccc(C5CC5)c4n3)n2c1)N1C[C@@H]2C[C@H]1CN2. The first-order chi connectivity index (χ1) is 16.5. The summed E-state index contributed by atoms with van der Waals surface area (Å²) in [6.07, 6.45) is 0.245. The molecule has 1 N–H and O–H groups in total. The molecule has 1 aromatic carbocycles. The van der Waals surface area contributed by atoms with E-state index in [2.05, 4.69) is 21.6 Å². The fourth-order valence-corrected chi connectivity index (χ4v) is 5.74. The summed E-state index contributed by atoms with van der Waals surface area (Å²) in [7, 11) is 0. The van der Waals surface area contributed by atoms with Crippen LogP contribution in [0.4, 0.5) is 13.2 Å². The normalized spacial score (nSPS) is 22.5. The lowest BCUT2D eigenvalue weighted by Gasteiger charge is -2.36. The first kappa shape index (κ1) is 25.2. The maximum absolute atomic E-state index is 14.3. The number of fused-ring (bicyclic) bond motifs is 4. The predicted molar refractivity (Wildman–Crippen MR) is 136 cm³/mol. The molecule has 1 aliphatic carbocycles. The summed E-state index contributed by atoms with van der Waals surface area (Å²) in [6, 6.07) is 11.6. The maximum Gasteiger partial charge on any atom is 0.408 e. The second-order valence-electron chi connectivity index (χ2n) is 9.74. The smallest absolute Gasteiger partial charge is 0.311 e. The van der Waals surface area contributed by atoms with Crippen molar-refractivity contribution in [3.8, 4) is 11.5 Å². The maximum atomic E-state index is 14.3. The van der Waals surface area contributed by atoms with E-state index in [4.69, 9.17) is 4.98 Å². The first-order valence-electron chi connectivity index (χ1n) is 11.8. The van der Waals surface area contributed by atoms with Gasteiger partial charge in [-0.25, -0.2) is 4.98 Å². The van der Waals surface area contributed by atoms with E-state index in [1.165, 1.54) is 11.6 Å². The van der Waals surface area contributed by atoms with Crippen LogP contribution >= 0.6 is 24.8 Å². The lowest BCUT2D eigenvalue weighted by atomic mass is 10.0. The van der Waals surface area contributed by atoms with E-state index in [0.717, 1.165) is 30.2 Å². The van der Waals surface area contributed by atoms with Crippen molar-refractivity contribution in [3.63, 3.8) is 0 Å². The average Bonchev–Trinajstić information content (AvgIpc) is 3.23. The highest BCUT2D eigenvalue weighted by Crippen LogP contribution is 2.44. The van der Waals surface area contributed by atoms with E-state index in [1.54, 1.807) is 21.6 Å². The number of hydrogen-bond donors (Lipinski definition) is 1. The number of piperazine rings is 1. The fourth-order valence-electron chi connectivity index (χ4n) is 5.74. The summed E-state index contributed by atoms with van der Waals surface area (Å²) in [5.74, 6) is 0.987. The third kappa shape index (κ3) is 4.12. The van der Waals surface area contributed by atoms with Crippen LogP contribution in [-0.4, -0.2) is 55.8 Å². The number of nitrogens with zero attached hydrogens (tertiary/aromatic N) is 5. The first-order valence-corrected chi connectivity index (χ1v) is 11.8. The summed E-state index contributed by atoms with van der Waals surface area (Å²) < 4.78 is 44.6. The van der Waals surface area contributed by atoms with Gasteiger partial charge in [0, 0.05) is 36.8 Å². The van der Waals surface area contributed by atoms with Crippen LogP contribution in [0, 0.1) is 0 Å². The standard InChI is InChI=1S/C25H23F3N6.2ClH/c26-25(27,28)23(33-13-17-10-18(33)11-29-17)16-7-9-21-31-32-24(34(21)12-16)20-8-6-15-2-1-3-19(14-4-5-14)22(15)30-20;;/h1-3,6-9,12,14,17-18,23,29H,4-5,10-11,13H2;2*1H/t17-,18-,23+;;/m0../s1. The van der Waals surface area contributed by atoms with Gasteiger partial charge in [-0.05, 0) is 48.4 Å². The van der Waals surface area contributed by atoms with Gasteiger partial charge in [-0.3, -0.25) is 9.30 Å². The Morgan fingerprint density at radius 3 is 2.53 bits per heavy atom. The number of nitrogens with one attached hydrogen (secondary N) is 1. The van der Waals surface area contributed by atoms with Gasteiger partial charge < -0.3 is 5.32 Å².